The lowest BCUT2D eigenvalue weighted by Crippen LogP contribution is -2.45. The molecule has 0 bridgehead atoms. The van der Waals surface area contributed by atoms with E-state index in [1.807, 2.05) is 0 Å². The lowest BCUT2D eigenvalue weighted by molar-refractivity contribution is -0.123. The molecule has 142 valence electrons. The van der Waals surface area contributed by atoms with E-state index in [1.165, 1.54) is 28.6 Å². The van der Waals surface area contributed by atoms with E-state index in [0.717, 1.165) is 6.42 Å². The number of carbonyl (C=O) groups is 1. The number of piperidine rings is 1. The number of nitrogens with zero attached hydrogens (tertiary/aromatic N) is 1. The third-order valence-electron chi connectivity index (χ3n) is 3.62. The third kappa shape index (κ3) is 5.84. The van der Waals surface area contributed by atoms with Gasteiger partial charge >= 0.3 is 6.18 Å². The van der Waals surface area contributed by atoms with Gasteiger partial charge in [0.05, 0.1) is 4.90 Å². The molecular formula is C14H19ClF3N3O3S. The first-order valence-corrected chi connectivity index (χ1v) is 8.74. The number of sulfonamides is 1. The van der Waals surface area contributed by atoms with Crippen molar-refractivity contribution in [2.24, 2.45) is 5.73 Å². The summed E-state index contributed by atoms with van der Waals surface area (Å²) in [6, 6.07) is 4.56. The number of carbonyl (C=O) groups excluding carboxylic acids is 1. The van der Waals surface area contributed by atoms with Crippen LogP contribution < -0.4 is 11.1 Å². The van der Waals surface area contributed by atoms with Crippen molar-refractivity contribution < 1.29 is 26.4 Å². The topological polar surface area (TPSA) is 92.5 Å². The number of rotatable bonds is 4. The molecule has 6 nitrogen and oxygen atoms in total. The van der Waals surface area contributed by atoms with Gasteiger partial charge in [-0.2, -0.15) is 17.5 Å². The van der Waals surface area contributed by atoms with E-state index < -0.39 is 28.7 Å². The Hall–Kier alpha value is -1.36. The molecular weight excluding hydrogens is 383 g/mol. The van der Waals surface area contributed by atoms with Gasteiger partial charge in [-0.05, 0) is 37.1 Å². The van der Waals surface area contributed by atoms with Crippen LogP contribution in [-0.4, -0.2) is 50.5 Å². The molecule has 1 aromatic rings. The number of alkyl halides is 3. The summed E-state index contributed by atoms with van der Waals surface area (Å²) in [5.74, 6) is -0.920. The fourth-order valence-corrected chi connectivity index (χ4v) is 3.94. The first kappa shape index (κ1) is 21.7. The van der Waals surface area contributed by atoms with Crippen LogP contribution in [0.5, 0.6) is 0 Å². The van der Waals surface area contributed by atoms with Crippen molar-refractivity contribution in [3.05, 3.63) is 29.8 Å². The molecule has 1 aliphatic rings. The summed E-state index contributed by atoms with van der Waals surface area (Å²) in [4.78, 5) is 11.6. The summed E-state index contributed by atoms with van der Waals surface area (Å²) < 4.78 is 62.5. The molecule has 1 atom stereocenters. The number of hydrogen-bond donors (Lipinski definition) is 2. The number of hydrogen-bond acceptors (Lipinski definition) is 4. The number of amides is 1. The van der Waals surface area contributed by atoms with Crippen LogP contribution in [0.2, 0.25) is 0 Å². The minimum Gasteiger partial charge on any atom is -0.343 e. The monoisotopic (exact) mass is 401 g/mol. The average molecular weight is 402 g/mol. The van der Waals surface area contributed by atoms with Crippen molar-refractivity contribution in [3.63, 3.8) is 0 Å². The minimum atomic E-state index is -4.51. The number of halogens is 4. The molecule has 1 saturated heterocycles. The van der Waals surface area contributed by atoms with Gasteiger partial charge in [0.25, 0.3) is 5.91 Å². The summed E-state index contributed by atoms with van der Waals surface area (Å²) >= 11 is 0. The molecule has 3 N–H and O–H groups in total. The van der Waals surface area contributed by atoms with Crippen LogP contribution in [-0.2, 0) is 10.0 Å². The molecule has 2 rings (SSSR count). The summed E-state index contributed by atoms with van der Waals surface area (Å²) in [5.41, 5.74) is 5.73. The molecule has 0 aromatic heterocycles. The first-order valence-electron chi connectivity index (χ1n) is 7.30. The highest BCUT2D eigenvalue weighted by Crippen LogP contribution is 2.21. The van der Waals surface area contributed by atoms with Crippen molar-refractivity contribution in [1.82, 2.24) is 9.62 Å². The summed E-state index contributed by atoms with van der Waals surface area (Å²) in [6.07, 6.45) is -3.09. The Labute approximate surface area is 150 Å². The van der Waals surface area contributed by atoms with E-state index in [2.05, 4.69) is 0 Å². The van der Waals surface area contributed by atoms with E-state index >= 15 is 0 Å². The lowest BCUT2D eigenvalue weighted by atomic mass is 10.1. The smallest absolute Gasteiger partial charge is 0.343 e. The average Bonchev–Trinajstić information content (AvgIpc) is 2.52. The molecule has 0 aliphatic carbocycles. The third-order valence-corrected chi connectivity index (χ3v) is 5.50. The van der Waals surface area contributed by atoms with Crippen LogP contribution in [0.25, 0.3) is 0 Å². The largest absolute Gasteiger partial charge is 0.405 e. The predicted octanol–water partition coefficient (Wildman–Crippen LogP) is 1.51. The Bertz CT molecular complexity index is 696. The minimum absolute atomic E-state index is 0. The van der Waals surface area contributed by atoms with E-state index in [0.29, 0.717) is 13.0 Å². The molecule has 0 radical (unpaired) electrons. The maximum atomic E-state index is 12.5. The SMILES string of the molecule is Cl.NC1CCCN(S(=O)(=O)c2ccc(C(=O)NCC(F)(F)F)cc2)C1. The highest BCUT2D eigenvalue weighted by atomic mass is 35.5. The zero-order valence-corrected chi connectivity index (χ0v) is 14.8. The Balaban J connectivity index is 0.00000312. The van der Waals surface area contributed by atoms with Gasteiger partial charge in [0.15, 0.2) is 0 Å². The number of benzene rings is 1. The van der Waals surface area contributed by atoms with Crippen molar-refractivity contribution in [1.29, 1.82) is 0 Å². The molecule has 0 spiro atoms. The number of nitrogens with one attached hydrogen (secondary N) is 1. The van der Waals surface area contributed by atoms with E-state index in [1.54, 1.807) is 5.32 Å². The van der Waals surface area contributed by atoms with Crippen LogP contribution in [0.4, 0.5) is 13.2 Å². The molecule has 1 amide bonds. The lowest BCUT2D eigenvalue weighted by Gasteiger charge is -2.29. The quantitative estimate of drug-likeness (QED) is 0.800. The van der Waals surface area contributed by atoms with Crippen LogP contribution in [0.15, 0.2) is 29.2 Å². The fourth-order valence-electron chi connectivity index (χ4n) is 2.40. The zero-order chi connectivity index (χ0) is 18.0. The molecule has 1 fully saturated rings. The molecule has 0 saturated carbocycles. The first-order chi connectivity index (χ1) is 11.1. The van der Waals surface area contributed by atoms with Gasteiger partial charge in [0, 0.05) is 24.7 Å². The van der Waals surface area contributed by atoms with E-state index in [4.69, 9.17) is 5.73 Å². The van der Waals surface area contributed by atoms with Crippen LogP contribution in [0, 0.1) is 0 Å². The van der Waals surface area contributed by atoms with Crippen LogP contribution in [0.1, 0.15) is 23.2 Å². The molecule has 25 heavy (non-hydrogen) atoms. The van der Waals surface area contributed by atoms with Crippen molar-refractivity contribution in [3.8, 4) is 0 Å². The van der Waals surface area contributed by atoms with Gasteiger partial charge in [0.2, 0.25) is 10.0 Å². The van der Waals surface area contributed by atoms with Gasteiger partial charge in [-0.1, -0.05) is 0 Å². The zero-order valence-electron chi connectivity index (χ0n) is 13.1. The number of nitrogens with two attached hydrogens (primary N) is 1. The summed E-state index contributed by atoms with van der Waals surface area (Å²) in [5, 5.41) is 1.73. The van der Waals surface area contributed by atoms with Crippen LogP contribution in [0.3, 0.4) is 0 Å². The Morgan fingerprint density at radius 2 is 1.88 bits per heavy atom. The second-order valence-corrected chi connectivity index (χ2v) is 7.53. The molecule has 1 aliphatic heterocycles. The Morgan fingerprint density at radius 1 is 1.28 bits per heavy atom. The highest BCUT2D eigenvalue weighted by molar-refractivity contribution is 7.89. The predicted molar refractivity (Wildman–Crippen MR) is 88.0 cm³/mol. The molecule has 1 heterocycles. The summed E-state index contributed by atoms with van der Waals surface area (Å²) in [6.45, 7) is -0.864. The van der Waals surface area contributed by atoms with Gasteiger partial charge < -0.3 is 11.1 Å². The van der Waals surface area contributed by atoms with Crippen molar-refractivity contribution in [2.45, 2.75) is 30.0 Å². The van der Waals surface area contributed by atoms with Crippen molar-refractivity contribution in [2.75, 3.05) is 19.6 Å². The molecule has 1 unspecified atom stereocenters. The maximum absolute atomic E-state index is 12.5. The Kier molecular flexibility index (Phi) is 7.24. The van der Waals surface area contributed by atoms with Gasteiger partial charge in [-0.3, -0.25) is 4.79 Å². The maximum Gasteiger partial charge on any atom is 0.405 e. The standard InChI is InChI=1S/C14H18F3N3O3S.ClH/c15-14(16,17)9-19-13(21)10-3-5-12(6-4-10)24(22,23)20-7-1-2-11(18)8-20;/h3-6,11H,1-2,7-9,18H2,(H,19,21);1H. The molecule has 11 heteroatoms. The van der Waals surface area contributed by atoms with Crippen LogP contribution >= 0.6 is 12.4 Å². The van der Waals surface area contributed by atoms with Gasteiger partial charge in [0.1, 0.15) is 6.54 Å². The highest BCUT2D eigenvalue weighted by Gasteiger charge is 2.30. The molecule has 1 aromatic carbocycles. The fraction of sp³-hybridized carbons (Fsp3) is 0.500. The van der Waals surface area contributed by atoms with Gasteiger partial charge in [-0.15, -0.1) is 12.4 Å². The van der Waals surface area contributed by atoms with E-state index in [9.17, 15) is 26.4 Å². The summed E-state index contributed by atoms with van der Waals surface area (Å²) in [7, 11) is -3.73. The second kappa shape index (κ2) is 8.35. The van der Waals surface area contributed by atoms with E-state index in [-0.39, 0.29) is 35.5 Å². The normalized spacial score (nSPS) is 19.1. The second-order valence-electron chi connectivity index (χ2n) is 5.59. The van der Waals surface area contributed by atoms with Gasteiger partial charge in [-0.25, -0.2) is 8.42 Å². The van der Waals surface area contributed by atoms with Crippen molar-refractivity contribution >= 4 is 28.3 Å². The Morgan fingerprint density at radius 3 is 2.40 bits per heavy atom.